The number of hydrogen-bond acceptors (Lipinski definition) is 4. The Balaban J connectivity index is 0.00000400. The van der Waals surface area contributed by atoms with Gasteiger partial charge in [0.05, 0.1) is 7.11 Å². The number of ether oxygens (including phenoxy) is 1. The number of benzene rings is 1. The van der Waals surface area contributed by atoms with Crippen LogP contribution < -0.4 is 10.1 Å². The van der Waals surface area contributed by atoms with Gasteiger partial charge in [-0.25, -0.2) is 0 Å². The van der Waals surface area contributed by atoms with E-state index in [1.807, 2.05) is 0 Å². The normalized spacial score (nSPS) is 11.4. The van der Waals surface area contributed by atoms with E-state index in [9.17, 15) is 9.59 Å². The van der Waals surface area contributed by atoms with Crippen LogP contribution in [0.15, 0.2) is 24.3 Å². The average Bonchev–Trinajstić information content (AvgIpc) is 2.43. The van der Waals surface area contributed by atoms with Crippen molar-refractivity contribution in [3.63, 3.8) is 0 Å². The Morgan fingerprint density at radius 2 is 2.10 bits per heavy atom. The minimum atomic E-state index is -0.902. The Bertz CT molecular complexity index is 482. The molecule has 0 saturated heterocycles. The number of carboxylic acid groups (broad SMARTS) is 1. The number of carbonyl (C=O) groups excluding carboxylic acids is 1. The average molecular weight is 317 g/mol. The van der Waals surface area contributed by atoms with Crippen LogP contribution in [0.2, 0.25) is 0 Å². The van der Waals surface area contributed by atoms with Crippen molar-refractivity contribution in [1.82, 2.24) is 4.90 Å². The summed E-state index contributed by atoms with van der Waals surface area (Å²) in [5.74, 6) is -0.400. The Kier molecular flexibility index (Phi) is 8.42. The van der Waals surface area contributed by atoms with Crippen molar-refractivity contribution < 1.29 is 19.4 Å². The van der Waals surface area contributed by atoms with Crippen LogP contribution in [0.5, 0.6) is 5.75 Å². The molecule has 1 unspecified atom stereocenters. The predicted molar refractivity (Wildman–Crippen MR) is 83.2 cm³/mol. The van der Waals surface area contributed by atoms with E-state index >= 15 is 0 Å². The monoisotopic (exact) mass is 316 g/mol. The lowest BCUT2D eigenvalue weighted by Gasteiger charge is -2.20. The van der Waals surface area contributed by atoms with Gasteiger partial charge in [0.1, 0.15) is 11.8 Å². The van der Waals surface area contributed by atoms with Gasteiger partial charge in [-0.15, -0.1) is 12.4 Å². The van der Waals surface area contributed by atoms with Gasteiger partial charge in [-0.1, -0.05) is 6.07 Å². The number of likely N-dealkylation sites (N-methyl/N-ethyl adjacent to an activating group) is 1. The number of nitrogens with one attached hydrogen (secondary N) is 1. The molecular weight excluding hydrogens is 296 g/mol. The fraction of sp³-hybridized carbons (Fsp3) is 0.429. The number of hydrogen-bond donors (Lipinski definition) is 2. The molecule has 1 atom stereocenters. The molecule has 118 valence electrons. The number of carbonyl (C=O) groups is 2. The molecule has 0 aliphatic heterocycles. The van der Waals surface area contributed by atoms with Gasteiger partial charge in [0.2, 0.25) is 5.91 Å². The number of halogens is 1. The summed E-state index contributed by atoms with van der Waals surface area (Å²) >= 11 is 0. The van der Waals surface area contributed by atoms with Gasteiger partial charge < -0.3 is 15.2 Å². The molecule has 7 heteroatoms. The lowest BCUT2D eigenvalue weighted by atomic mass is 10.2. The minimum absolute atomic E-state index is 0. The van der Waals surface area contributed by atoms with Crippen LogP contribution in [0.25, 0.3) is 0 Å². The lowest BCUT2D eigenvalue weighted by Crippen LogP contribution is -2.37. The molecule has 0 radical (unpaired) electrons. The molecule has 0 fully saturated rings. The highest BCUT2D eigenvalue weighted by molar-refractivity contribution is 5.91. The van der Waals surface area contributed by atoms with Crippen LogP contribution in [-0.2, 0) is 9.59 Å². The molecule has 1 aromatic rings. The Hall–Kier alpha value is -1.79. The van der Waals surface area contributed by atoms with Crippen molar-refractivity contribution in [3.05, 3.63) is 24.3 Å². The molecule has 0 bridgehead atoms. The molecule has 2 N–H and O–H groups in total. The van der Waals surface area contributed by atoms with Crippen molar-refractivity contribution in [2.75, 3.05) is 26.0 Å². The van der Waals surface area contributed by atoms with E-state index in [1.165, 1.54) is 0 Å². The highest BCUT2D eigenvalue weighted by Gasteiger charge is 2.17. The van der Waals surface area contributed by atoms with Crippen LogP contribution >= 0.6 is 12.4 Å². The van der Waals surface area contributed by atoms with Gasteiger partial charge in [0.15, 0.2) is 0 Å². The maximum absolute atomic E-state index is 11.8. The fourth-order valence-corrected chi connectivity index (χ4v) is 1.58. The molecule has 0 aromatic heterocycles. The molecule has 0 spiro atoms. The van der Waals surface area contributed by atoms with Crippen molar-refractivity contribution in [1.29, 1.82) is 0 Å². The predicted octanol–water partition coefficient (Wildman–Crippen LogP) is 1.85. The first-order valence-corrected chi connectivity index (χ1v) is 6.31. The maximum Gasteiger partial charge on any atom is 0.320 e. The van der Waals surface area contributed by atoms with Crippen molar-refractivity contribution in [2.45, 2.75) is 19.4 Å². The molecule has 1 amide bonds. The molecule has 0 saturated carbocycles. The minimum Gasteiger partial charge on any atom is -0.497 e. The maximum atomic E-state index is 11.8. The van der Waals surface area contributed by atoms with Crippen LogP contribution in [0, 0.1) is 0 Å². The molecular formula is C14H21ClN2O4. The van der Waals surface area contributed by atoms with Gasteiger partial charge in [-0.2, -0.15) is 0 Å². The van der Waals surface area contributed by atoms with Gasteiger partial charge in [-0.05, 0) is 26.1 Å². The molecule has 0 aliphatic rings. The van der Waals surface area contributed by atoms with Gasteiger partial charge in [0, 0.05) is 24.7 Å². The number of anilines is 1. The third-order valence-electron chi connectivity index (χ3n) is 3.06. The number of aliphatic carboxylic acids is 1. The van der Waals surface area contributed by atoms with Gasteiger partial charge in [0.25, 0.3) is 0 Å². The van der Waals surface area contributed by atoms with Crippen LogP contribution in [-0.4, -0.2) is 48.6 Å². The third-order valence-corrected chi connectivity index (χ3v) is 3.06. The summed E-state index contributed by atoms with van der Waals surface area (Å²) in [5, 5.41) is 11.6. The number of nitrogens with zero attached hydrogens (tertiary/aromatic N) is 1. The molecule has 6 nitrogen and oxygen atoms in total. The summed E-state index contributed by atoms with van der Waals surface area (Å²) in [6.07, 6.45) is 0.228. The molecule has 1 aromatic carbocycles. The van der Waals surface area contributed by atoms with E-state index in [0.717, 1.165) is 0 Å². The summed E-state index contributed by atoms with van der Waals surface area (Å²) in [7, 11) is 3.24. The Morgan fingerprint density at radius 1 is 1.43 bits per heavy atom. The second-order valence-corrected chi connectivity index (χ2v) is 4.52. The van der Waals surface area contributed by atoms with Crippen molar-refractivity contribution >= 4 is 30.0 Å². The Labute approximate surface area is 130 Å². The van der Waals surface area contributed by atoms with Crippen LogP contribution in [0.4, 0.5) is 5.69 Å². The van der Waals surface area contributed by atoms with E-state index in [2.05, 4.69) is 5.32 Å². The fourth-order valence-electron chi connectivity index (χ4n) is 1.58. The smallest absolute Gasteiger partial charge is 0.320 e. The summed E-state index contributed by atoms with van der Waals surface area (Å²) in [6.45, 7) is 1.96. The van der Waals surface area contributed by atoms with E-state index in [0.29, 0.717) is 18.0 Å². The zero-order chi connectivity index (χ0) is 15.1. The Morgan fingerprint density at radius 3 is 2.67 bits per heavy atom. The number of methoxy groups -OCH3 is 1. The molecule has 21 heavy (non-hydrogen) atoms. The van der Waals surface area contributed by atoms with Crippen molar-refractivity contribution in [3.8, 4) is 5.75 Å². The first-order valence-electron chi connectivity index (χ1n) is 6.31. The lowest BCUT2D eigenvalue weighted by molar-refractivity contribution is -0.142. The van der Waals surface area contributed by atoms with E-state index < -0.39 is 12.0 Å². The second kappa shape index (κ2) is 9.20. The van der Waals surface area contributed by atoms with E-state index in [4.69, 9.17) is 9.84 Å². The summed E-state index contributed by atoms with van der Waals surface area (Å²) in [5.41, 5.74) is 0.656. The van der Waals surface area contributed by atoms with Crippen molar-refractivity contribution in [2.24, 2.45) is 0 Å². The van der Waals surface area contributed by atoms with Gasteiger partial charge >= 0.3 is 5.97 Å². The zero-order valence-electron chi connectivity index (χ0n) is 12.3. The summed E-state index contributed by atoms with van der Waals surface area (Å²) in [6, 6.07) is 6.45. The zero-order valence-corrected chi connectivity index (χ0v) is 13.1. The first kappa shape index (κ1) is 19.2. The quantitative estimate of drug-likeness (QED) is 0.802. The van der Waals surface area contributed by atoms with Gasteiger partial charge in [-0.3, -0.25) is 14.5 Å². The molecule has 1 rings (SSSR count). The number of carboxylic acids is 1. The first-order chi connectivity index (χ1) is 9.43. The highest BCUT2D eigenvalue weighted by atomic mass is 35.5. The van der Waals surface area contributed by atoms with Crippen LogP contribution in [0.1, 0.15) is 13.3 Å². The summed E-state index contributed by atoms with van der Waals surface area (Å²) in [4.78, 5) is 24.2. The largest absolute Gasteiger partial charge is 0.497 e. The topological polar surface area (TPSA) is 78.9 Å². The highest BCUT2D eigenvalue weighted by Crippen LogP contribution is 2.16. The summed E-state index contributed by atoms with van der Waals surface area (Å²) < 4.78 is 5.07. The van der Waals surface area contributed by atoms with E-state index in [-0.39, 0.29) is 24.7 Å². The van der Waals surface area contributed by atoms with E-state index in [1.54, 1.807) is 50.2 Å². The SMILES string of the molecule is COc1cccc(NC(=O)CCN(C)C(C)C(=O)O)c1.Cl. The standard InChI is InChI=1S/C14H20N2O4.ClH/c1-10(14(18)19)16(2)8-7-13(17)15-11-5-4-6-12(9-11)20-3;/h4-6,9-10H,7-8H2,1-3H3,(H,15,17)(H,18,19);1H. The number of rotatable bonds is 7. The van der Waals surface area contributed by atoms with Crippen LogP contribution in [0.3, 0.4) is 0 Å². The third kappa shape index (κ3) is 6.46. The second-order valence-electron chi connectivity index (χ2n) is 4.52. The number of amides is 1. The molecule has 0 aliphatic carbocycles. The molecule has 0 heterocycles.